The fourth-order valence-corrected chi connectivity index (χ4v) is 7.94. The summed E-state index contributed by atoms with van der Waals surface area (Å²) in [5.41, 5.74) is 9.83. The number of rotatable bonds is 3. The first-order chi connectivity index (χ1) is 16.3. The molecule has 2 fully saturated rings. The molecule has 1 unspecified atom stereocenters. The third-order valence-corrected chi connectivity index (χ3v) is 9.42. The highest BCUT2D eigenvalue weighted by Gasteiger charge is 2.65. The molecule has 2 N–H and O–H groups in total. The van der Waals surface area contributed by atoms with Crippen molar-refractivity contribution in [3.05, 3.63) is 52.6 Å². The number of Topliss-reactive ketones (excluding diaryl/α,β-unsaturated/α-hetero) is 1. The van der Waals surface area contributed by atoms with Crippen molar-refractivity contribution in [1.29, 1.82) is 0 Å². The van der Waals surface area contributed by atoms with Gasteiger partial charge in [0.2, 0.25) is 0 Å². The summed E-state index contributed by atoms with van der Waals surface area (Å²) in [6.45, 7) is 6.00. The predicted molar refractivity (Wildman–Crippen MR) is 133 cm³/mol. The van der Waals surface area contributed by atoms with Gasteiger partial charge in [0.25, 0.3) is 0 Å². The Morgan fingerprint density at radius 1 is 1.24 bits per heavy atom. The van der Waals surface area contributed by atoms with Crippen molar-refractivity contribution in [3.8, 4) is 11.8 Å². The minimum absolute atomic E-state index is 0.0248. The number of nitrogen functional groups attached to an aromatic ring is 1. The number of anilines is 1. The molecule has 178 valence electrons. The Labute approximate surface area is 202 Å². The lowest BCUT2D eigenvalue weighted by Crippen LogP contribution is -2.51. The van der Waals surface area contributed by atoms with E-state index in [1.165, 1.54) is 5.57 Å². The highest BCUT2D eigenvalue weighted by molar-refractivity contribution is 5.93. The minimum atomic E-state index is -1.13. The lowest BCUT2D eigenvalue weighted by atomic mass is 9.48. The number of nitrogens with two attached hydrogens (primary N) is 1. The molecule has 0 aliphatic heterocycles. The summed E-state index contributed by atoms with van der Waals surface area (Å²) < 4.78 is 15.6. The van der Waals surface area contributed by atoms with Gasteiger partial charge in [-0.2, -0.15) is 0 Å². The summed E-state index contributed by atoms with van der Waals surface area (Å²) in [5.74, 6) is 7.07. The van der Waals surface area contributed by atoms with Crippen LogP contribution in [0.2, 0.25) is 0 Å². The van der Waals surface area contributed by atoms with Crippen LogP contribution < -0.4 is 5.73 Å². The Kier molecular flexibility index (Phi) is 5.58. The molecule has 4 aliphatic carbocycles. The fourth-order valence-electron chi connectivity index (χ4n) is 7.94. The predicted octanol–water partition coefficient (Wildman–Crippen LogP) is 6.11. The second kappa shape index (κ2) is 8.22. The maximum atomic E-state index is 15.6. The van der Waals surface area contributed by atoms with Gasteiger partial charge in [-0.25, -0.2) is 4.39 Å². The summed E-state index contributed by atoms with van der Waals surface area (Å²) in [7, 11) is 0. The van der Waals surface area contributed by atoms with E-state index in [0.717, 1.165) is 30.4 Å². The van der Waals surface area contributed by atoms with E-state index >= 15 is 4.39 Å². The van der Waals surface area contributed by atoms with Crippen LogP contribution in [0, 0.1) is 34.5 Å². The molecule has 5 rings (SSSR count). The molecule has 0 amide bonds. The Bertz CT molecular complexity index is 1170. The lowest BCUT2D eigenvalue weighted by molar-refractivity contribution is -0.132. The molecule has 6 atom stereocenters. The van der Waals surface area contributed by atoms with Gasteiger partial charge < -0.3 is 5.73 Å². The highest BCUT2D eigenvalue weighted by Crippen LogP contribution is 2.70. The summed E-state index contributed by atoms with van der Waals surface area (Å²) in [6, 6.07) is 8.02. The Morgan fingerprint density at radius 2 is 1.97 bits per heavy atom. The number of carbonyl (C=O) groups is 2. The molecular weight excluding hydrogens is 425 g/mol. The number of hydrogen-bond acceptors (Lipinski definition) is 3. The monoisotopic (exact) mass is 459 g/mol. The van der Waals surface area contributed by atoms with Crippen molar-refractivity contribution in [3.63, 3.8) is 0 Å². The van der Waals surface area contributed by atoms with E-state index in [1.807, 2.05) is 26.0 Å². The number of alkyl halides is 1. The third-order valence-electron chi connectivity index (χ3n) is 9.42. The molecule has 2 saturated carbocycles. The zero-order chi connectivity index (χ0) is 24.3. The second-order valence-electron chi connectivity index (χ2n) is 10.9. The average molecular weight is 460 g/mol. The van der Waals surface area contributed by atoms with Crippen molar-refractivity contribution in [2.75, 3.05) is 5.73 Å². The van der Waals surface area contributed by atoms with Crippen LogP contribution in [0.3, 0.4) is 0 Å². The van der Waals surface area contributed by atoms with Gasteiger partial charge in [0.05, 0.1) is 5.41 Å². The molecule has 1 aromatic carbocycles. The molecule has 4 heteroatoms. The second-order valence-corrected chi connectivity index (χ2v) is 10.9. The number of benzene rings is 1. The summed E-state index contributed by atoms with van der Waals surface area (Å²) >= 11 is 0. The summed E-state index contributed by atoms with van der Waals surface area (Å²) in [4.78, 5) is 25.7. The van der Waals surface area contributed by atoms with Crippen molar-refractivity contribution in [2.45, 2.75) is 77.8 Å². The van der Waals surface area contributed by atoms with E-state index in [9.17, 15) is 9.59 Å². The van der Waals surface area contributed by atoms with Gasteiger partial charge in [-0.3, -0.25) is 9.59 Å². The molecule has 1 aromatic rings. The first kappa shape index (κ1) is 23.1. The zero-order valence-corrected chi connectivity index (χ0v) is 20.4. The highest BCUT2D eigenvalue weighted by atomic mass is 19.1. The molecule has 0 heterocycles. The molecule has 0 spiro atoms. The average Bonchev–Trinajstić information content (AvgIpc) is 3.12. The third kappa shape index (κ3) is 3.16. The Morgan fingerprint density at radius 3 is 2.65 bits per heavy atom. The van der Waals surface area contributed by atoms with Gasteiger partial charge in [-0.1, -0.05) is 37.5 Å². The maximum absolute atomic E-state index is 15.6. The standard InChI is InChI=1S/C30H34FNO2/c1-4-13-30(27(34)5-2)14-12-25-23-16-26(31)22-15-20(33)10-11-21(22)28(23)24(17-29(25,30)3)18-6-8-19(32)9-7-18/h6-9,15,23-26H,5,10-12,14,16-17,32H2,1-3H3/t23-,24+,25-,26?,29-,30+/m0/s1. The molecule has 0 aromatic heterocycles. The quantitative estimate of drug-likeness (QED) is 0.438. The van der Waals surface area contributed by atoms with E-state index in [1.54, 1.807) is 6.08 Å². The first-order valence-electron chi connectivity index (χ1n) is 12.7. The SMILES string of the molecule is CC#C[C@]1(C(=O)CC)CC[C@H]2[C@@H]3CC(F)C4=CC(=O)CCC4=C3[C@@H](c3ccc(N)cc3)C[C@@]21C. The van der Waals surface area contributed by atoms with Crippen molar-refractivity contribution < 1.29 is 14.0 Å². The van der Waals surface area contributed by atoms with E-state index in [4.69, 9.17) is 5.73 Å². The van der Waals surface area contributed by atoms with E-state index in [-0.39, 0.29) is 34.7 Å². The van der Waals surface area contributed by atoms with Crippen LogP contribution in [0.15, 0.2) is 47.1 Å². The number of fused-ring (bicyclic) bond motifs is 4. The van der Waals surface area contributed by atoms with Gasteiger partial charge >= 0.3 is 0 Å². The van der Waals surface area contributed by atoms with Crippen molar-refractivity contribution >= 4 is 17.3 Å². The number of allylic oxidation sites excluding steroid dienone is 4. The normalized spacial score (nSPS) is 36.6. The first-order valence-corrected chi connectivity index (χ1v) is 12.7. The summed E-state index contributed by atoms with van der Waals surface area (Å²) in [6.07, 6.45) is 4.76. The van der Waals surface area contributed by atoms with Crippen molar-refractivity contribution in [1.82, 2.24) is 0 Å². The molecular formula is C30H34FNO2. The van der Waals surface area contributed by atoms with Crippen LogP contribution >= 0.6 is 0 Å². The number of hydrogen-bond donors (Lipinski definition) is 1. The van der Waals surface area contributed by atoms with Crippen LogP contribution in [0.5, 0.6) is 0 Å². The number of ketones is 2. The van der Waals surface area contributed by atoms with E-state index in [2.05, 4.69) is 30.9 Å². The van der Waals surface area contributed by atoms with Gasteiger partial charge in [0.1, 0.15) is 6.17 Å². The van der Waals surface area contributed by atoms with Crippen LogP contribution in [0.4, 0.5) is 10.1 Å². The van der Waals surface area contributed by atoms with Crippen LogP contribution in [-0.4, -0.2) is 17.7 Å². The van der Waals surface area contributed by atoms with Crippen LogP contribution in [-0.2, 0) is 9.59 Å². The van der Waals surface area contributed by atoms with Crippen LogP contribution in [0.25, 0.3) is 0 Å². The summed E-state index contributed by atoms with van der Waals surface area (Å²) in [5, 5.41) is 0. The minimum Gasteiger partial charge on any atom is -0.399 e. The zero-order valence-electron chi connectivity index (χ0n) is 20.4. The number of halogens is 1. The molecule has 0 saturated heterocycles. The fraction of sp³-hybridized carbons (Fsp3) is 0.533. The maximum Gasteiger partial charge on any atom is 0.156 e. The molecule has 0 bridgehead atoms. The molecule has 34 heavy (non-hydrogen) atoms. The Hall–Kier alpha value is -2.67. The van der Waals surface area contributed by atoms with E-state index < -0.39 is 11.6 Å². The van der Waals surface area contributed by atoms with Gasteiger partial charge in [0.15, 0.2) is 11.6 Å². The lowest BCUT2D eigenvalue weighted by Gasteiger charge is -2.55. The number of carbonyl (C=O) groups excluding carboxylic acids is 2. The van der Waals surface area contributed by atoms with E-state index in [0.29, 0.717) is 36.9 Å². The largest absolute Gasteiger partial charge is 0.399 e. The molecule has 3 nitrogen and oxygen atoms in total. The smallest absolute Gasteiger partial charge is 0.156 e. The Balaban J connectivity index is 1.74. The van der Waals surface area contributed by atoms with Gasteiger partial charge in [0, 0.05) is 24.4 Å². The van der Waals surface area contributed by atoms with Crippen molar-refractivity contribution in [2.24, 2.45) is 22.7 Å². The van der Waals surface area contributed by atoms with Crippen LogP contribution in [0.1, 0.15) is 77.2 Å². The molecule has 0 radical (unpaired) electrons. The van der Waals surface area contributed by atoms with Gasteiger partial charge in [-0.05, 0) is 91.2 Å². The molecule has 4 aliphatic rings. The van der Waals surface area contributed by atoms with Gasteiger partial charge in [-0.15, -0.1) is 5.92 Å². The topological polar surface area (TPSA) is 60.2 Å².